The minimum absolute atomic E-state index is 0.0306. The van der Waals surface area contributed by atoms with Gasteiger partial charge in [-0.25, -0.2) is 9.78 Å². The number of carbonyl (C=O) groups excluding carboxylic acids is 1. The normalized spacial score (nSPS) is 15.6. The monoisotopic (exact) mass is 314 g/mol. The van der Waals surface area contributed by atoms with E-state index in [0.717, 1.165) is 29.4 Å². The Bertz CT molecular complexity index is 760. The Morgan fingerprint density at radius 2 is 2.17 bits per heavy atom. The zero-order chi connectivity index (χ0) is 16.4. The topological polar surface area (TPSA) is 98.3 Å². The number of amides is 2. The van der Waals surface area contributed by atoms with E-state index < -0.39 is 6.09 Å². The molecule has 3 heterocycles. The number of rotatable bonds is 3. The lowest BCUT2D eigenvalue weighted by Gasteiger charge is -2.31. The Morgan fingerprint density at radius 1 is 1.43 bits per heavy atom. The van der Waals surface area contributed by atoms with Crippen molar-refractivity contribution >= 4 is 28.7 Å². The molecule has 0 aromatic carbocycles. The van der Waals surface area contributed by atoms with Crippen LogP contribution in [0.5, 0.6) is 0 Å². The predicted octanol–water partition coefficient (Wildman–Crippen LogP) is 2.54. The summed E-state index contributed by atoms with van der Waals surface area (Å²) in [5.41, 5.74) is 2.30. The number of anilines is 1. The number of likely N-dealkylation sites (tertiary alicyclic amines) is 1. The Kier molecular flexibility index (Phi) is 4.01. The molecule has 2 amide bonds. The number of piperidine rings is 1. The van der Waals surface area contributed by atoms with Gasteiger partial charge in [0.1, 0.15) is 5.65 Å². The van der Waals surface area contributed by atoms with Crippen molar-refractivity contribution in [3.05, 3.63) is 36.7 Å². The van der Waals surface area contributed by atoms with E-state index in [1.807, 2.05) is 6.20 Å². The maximum Gasteiger partial charge on any atom is 0.409 e. The van der Waals surface area contributed by atoms with Crippen molar-refractivity contribution in [2.45, 2.75) is 18.8 Å². The highest BCUT2D eigenvalue weighted by atomic mass is 16.4. The largest absolute Gasteiger partial charge is 0.465 e. The number of hydrogen-bond acceptors (Lipinski definition) is 3. The van der Waals surface area contributed by atoms with Gasteiger partial charge in [-0.1, -0.05) is 6.58 Å². The molecule has 0 bridgehead atoms. The Morgan fingerprint density at radius 3 is 2.83 bits per heavy atom. The third kappa shape index (κ3) is 3.03. The summed E-state index contributed by atoms with van der Waals surface area (Å²) in [6.07, 6.45) is 5.38. The van der Waals surface area contributed by atoms with Crippen LogP contribution in [0.15, 0.2) is 31.1 Å². The van der Waals surface area contributed by atoms with Crippen molar-refractivity contribution in [2.24, 2.45) is 0 Å². The predicted molar refractivity (Wildman–Crippen MR) is 86.5 cm³/mol. The molecule has 1 aliphatic heterocycles. The first kappa shape index (κ1) is 15.1. The molecule has 0 atom stereocenters. The first-order valence-electron chi connectivity index (χ1n) is 7.47. The van der Waals surface area contributed by atoms with E-state index in [9.17, 15) is 9.59 Å². The van der Waals surface area contributed by atoms with Crippen molar-refractivity contribution < 1.29 is 14.7 Å². The van der Waals surface area contributed by atoms with E-state index in [4.69, 9.17) is 5.11 Å². The van der Waals surface area contributed by atoms with Crippen molar-refractivity contribution in [1.82, 2.24) is 14.9 Å². The van der Waals surface area contributed by atoms with Gasteiger partial charge in [-0.15, -0.1) is 0 Å². The molecule has 1 fully saturated rings. The fraction of sp³-hybridized carbons (Fsp3) is 0.312. The molecule has 0 unspecified atom stereocenters. The molecule has 120 valence electrons. The maximum atomic E-state index is 11.6. The molecule has 7 nitrogen and oxygen atoms in total. The van der Waals surface area contributed by atoms with Crippen LogP contribution in [0.25, 0.3) is 11.0 Å². The molecule has 2 aromatic heterocycles. The number of aromatic amines is 1. The summed E-state index contributed by atoms with van der Waals surface area (Å²) in [7, 11) is 0. The molecule has 2 aromatic rings. The average molecular weight is 314 g/mol. The van der Waals surface area contributed by atoms with E-state index in [1.54, 1.807) is 11.0 Å². The van der Waals surface area contributed by atoms with Crippen molar-refractivity contribution in [1.29, 1.82) is 0 Å². The van der Waals surface area contributed by atoms with Crippen LogP contribution in [-0.2, 0) is 4.79 Å². The lowest BCUT2D eigenvalue weighted by molar-refractivity contribution is -0.127. The Hall–Kier alpha value is -2.83. The van der Waals surface area contributed by atoms with Gasteiger partial charge in [-0.2, -0.15) is 0 Å². The zero-order valence-corrected chi connectivity index (χ0v) is 12.6. The summed E-state index contributed by atoms with van der Waals surface area (Å²) in [6, 6.07) is 1.80. The molecular formula is C16H18N4O3. The number of nitrogens with zero attached hydrogens (tertiary/aromatic N) is 2. The minimum Gasteiger partial charge on any atom is -0.465 e. The summed E-state index contributed by atoms with van der Waals surface area (Å²) in [5, 5.41) is 12.1. The number of pyridine rings is 1. The average Bonchev–Trinajstić information content (AvgIpc) is 2.97. The highest BCUT2D eigenvalue weighted by Gasteiger charge is 2.24. The summed E-state index contributed by atoms with van der Waals surface area (Å²) in [6.45, 7) is 4.91. The number of fused-ring (bicyclic) bond motifs is 1. The summed E-state index contributed by atoms with van der Waals surface area (Å²) >= 11 is 0. The second-order valence-electron chi connectivity index (χ2n) is 5.60. The standard InChI is InChI=1S/C16H18N4O3/c1-2-14(21)20-5-3-10(4-6-20)13-9-18-15-12(13)7-11(8-17-15)19-16(22)23/h2,7-10,19H,1,3-6H2,(H,17,18)(H,22,23). The van der Waals surface area contributed by atoms with Crippen molar-refractivity contribution in [3.8, 4) is 0 Å². The van der Waals surface area contributed by atoms with E-state index >= 15 is 0 Å². The number of aromatic nitrogens is 2. The van der Waals surface area contributed by atoms with Gasteiger partial charge < -0.3 is 15.0 Å². The lowest BCUT2D eigenvalue weighted by Crippen LogP contribution is -2.36. The van der Waals surface area contributed by atoms with Crippen LogP contribution < -0.4 is 5.32 Å². The molecule has 1 saturated heterocycles. The van der Waals surface area contributed by atoms with E-state index in [0.29, 0.717) is 24.7 Å². The van der Waals surface area contributed by atoms with Gasteiger partial charge in [0.2, 0.25) is 5.91 Å². The van der Waals surface area contributed by atoms with E-state index in [2.05, 4.69) is 21.9 Å². The van der Waals surface area contributed by atoms with Crippen LogP contribution in [0, 0.1) is 0 Å². The fourth-order valence-corrected chi connectivity index (χ4v) is 3.09. The number of nitrogens with one attached hydrogen (secondary N) is 2. The summed E-state index contributed by atoms with van der Waals surface area (Å²) in [4.78, 5) is 31.6. The highest BCUT2D eigenvalue weighted by molar-refractivity contribution is 5.89. The molecule has 0 saturated carbocycles. The first-order chi connectivity index (χ1) is 11.1. The van der Waals surface area contributed by atoms with Crippen LogP contribution in [0.2, 0.25) is 0 Å². The van der Waals surface area contributed by atoms with Crippen LogP contribution in [0.4, 0.5) is 10.5 Å². The molecule has 1 aliphatic rings. The van der Waals surface area contributed by atoms with Gasteiger partial charge in [0.15, 0.2) is 0 Å². The molecule has 0 aliphatic carbocycles. The molecule has 3 rings (SSSR count). The van der Waals surface area contributed by atoms with Crippen LogP contribution in [0.3, 0.4) is 0 Å². The van der Waals surface area contributed by atoms with Crippen molar-refractivity contribution in [3.63, 3.8) is 0 Å². The van der Waals surface area contributed by atoms with Gasteiger partial charge >= 0.3 is 6.09 Å². The second kappa shape index (κ2) is 6.12. The number of carbonyl (C=O) groups is 2. The summed E-state index contributed by atoms with van der Waals surface area (Å²) < 4.78 is 0. The molecular weight excluding hydrogens is 296 g/mol. The van der Waals surface area contributed by atoms with Gasteiger partial charge in [-0.3, -0.25) is 10.1 Å². The number of H-pyrrole nitrogens is 1. The molecule has 0 spiro atoms. The fourth-order valence-electron chi connectivity index (χ4n) is 3.09. The molecule has 23 heavy (non-hydrogen) atoms. The summed E-state index contributed by atoms with van der Waals surface area (Å²) in [5.74, 6) is 0.288. The van der Waals surface area contributed by atoms with Crippen LogP contribution in [0.1, 0.15) is 24.3 Å². The Balaban J connectivity index is 1.81. The quantitative estimate of drug-likeness (QED) is 0.758. The maximum absolute atomic E-state index is 11.6. The third-order valence-corrected chi connectivity index (χ3v) is 4.24. The third-order valence-electron chi connectivity index (χ3n) is 4.24. The van der Waals surface area contributed by atoms with Crippen molar-refractivity contribution in [2.75, 3.05) is 18.4 Å². The van der Waals surface area contributed by atoms with Gasteiger partial charge in [0, 0.05) is 24.7 Å². The number of hydrogen-bond donors (Lipinski definition) is 3. The van der Waals surface area contributed by atoms with Gasteiger partial charge in [0.25, 0.3) is 0 Å². The number of carboxylic acid groups (broad SMARTS) is 1. The smallest absolute Gasteiger partial charge is 0.409 e. The SMILES string of the molecule is C=CC(=O)N1CCC(c2c[nH]c3ncc(NC(=O)O)cc23)CC1. The van der Waals surface area contributed by atoms with Crippen LogP contribution >= 0.6 is 0 Å². The molecule has 0 radical (unpaired) electrons. The van der Waals surface area contributed by atoms with Gasteiger partial charge in [-0.05, 0) is 36.5 Å². The molecule has 3 N–H and O–H groups in total. The van der Waals surface area contributed by atoms with Gasteiger partial charge in [0.05, 0.1) is 11.9 Å². The molecule has 7 heteroatoms. The first-order valence-corrected chi connectivity index (χ1v) is 7.47. The highest BCUT2D eigenvalue weighted by Crippen LogP contribution is 2.33. The Labute approximate surface area is 133 Å². The lowest BCUT2D eigenvalue weighted by atomic mass is 9.89. The zero-order valence-electron chi connectivity index (χ0n) is 12.6. The van der Waals surface area contributed by atoms with Crippen LogP contribution in [-0.4, -0.2) is 45.1 Å². The second-order valence-corrected chi connectivity index (χ2v) is 5.60. The minimum atomic E-state index is -1.11. The van der Waals surface area contributed by atoms with E-state index in [-0.39, 0.29) is 5.91 Å². The van der Waals surface area contributed by atoms with E-state index in [1.165, 1.54) is 12.3 Å².